The smallest absolute Gasteiger partial charge is 0.330 e. The van der Waals surface area contributed by atoms with Gasteiger partial charge in [-0.2, -0.15) is 0 Å². The van der Waals surface area contributed by atoms with Gasteiger partial charge < -0.3 is 9.47 Å². The molecular weight excluding hydrogens is 240 g/mol. The highest BCUT2D eigenvalue weighted by Crippen LogP contribution is 2.40. The summed E-state index contributed by atoms with van der Waals surface area (Å²) in [6.07, 6.45) is 5.42. The zero-order valence-electron chi connectivity index (χ0n) is 11.5. The van der Waals surface area contributed by atoms with E-state index in [2.05, 4.69) is 12.1 Å². The summed E-state index contributed by atoms with van der Waals surface area (Å²) in [4.78, 5) is 11.2. The average molecular weight is 260 g/mol. The molecule has 1 fully saturated rings. The topological polar surface area (TPSA) is 38.8 Å². The van der Waals surface area contributed by atoms with Crippen molar-refractivity contribution < 1.29 is 14.3 Å². The molecule has 0 saturated carbocycles. The van der Waals surface area contributed by atoms with E-state index >= 15 is 0 Å². The van der Waals surface area contributed by atoms with Gasteiger partial charge in [0.15, 0.2) is 0 Å². The molecule has 1 aliphatic heterocycles. The summed E-state index contributed by atoms with van der Waals surface area (Å²) in [6.45, 7) is 4.19. The van der Waals surface area contributed by atoms with Gasteiger partial charge in [0, 0.05) is 6.08 Å². The molecule has 0 aromatic heterocycles. The van der Waals surface area contributed by atoms with Gasteiger partial charge in [-0.15, -0.1) is 0 Å². The highest BCUT2D eigenvalue weighted by atomic mass is 16.6. The van der Waals surface area contributed by atoms with E-state index in [1.54, 1.807) is 13.0 Å². The SMILES string of the molecule is CCOC(=O)/C=C/[C@]1(C)O[C@@H]1CCc1ccccc1. The Morgan fingerprint density at radius 3 is 2.84 bits per heavy atom. The second-order valence-corrected chi connectivity index (χ2v) is 4.90. The number of ether oxygens (including phenoxy) is 2. The minimum atomic E-state index is -0.305. The van der Waals surface area contributed by atoms with Crippen molar-refractivity contribution in [3.8, 4) is 0 Å². The lowest BCUT2D eigenvalue weighted by molar-refractivity contribution is -0.137. The number of benzene rings is 1. The van der Waals surface area contributed by atoms with Gasteiger partial charge in [-0.3, -0.25) is 0 Å². The van der Waals surface area contributed by atoms with E-state index in [0.29, 0.717) is 6.61 Å². The first-order valence-electron chi connectivity index (χ1n) is 6.72. The van der Waals surface area contributed by atoms with Crippen LogP contribution < -0.4 is 0 Å². The van der Waals surface area contributed by atoms with E-state index in [1.807, 2.05) is 25.1 Å². The van der Waals surface area contributed by atoms with E-state index in [1.165, 1.54) is 11.6 Å². The minimum absolute atomic E-state index is 0.193. The number of hydrogen-bond acceptors (Lipinski definition) is 3. The van der Waals surface area contributed by atoms with E-state index in [9.17, 15) is 4.79 Å². The van der Waals surface area contributed by atoms with Crippen LogP contribution in [0.25, 0.3) is 0 Å². The third-order valence-corrected chi connectivity index (χ3v) is 3.35. The molecule has 0 unspecified atom stereocenters. The summed E-state index contributed by atoms with van der Waals surface area (Å²) >= 11 is 0. The fourth-order valence-electron chi connectivity index (χ4n) is 2.13. The first-order valence-corrected chi connectivity index (χ1v) is 6.72. The number of hydrogen-bond donors (Lipinski definition) is 0. The lowest BCUT2D eigenvalue weighted by Crippen LogP contribution is -2.08. The molecule has 0 bridgehead atoms. The van der Waals surface area contributed by atoms with Crippen LogP contribution in [0.15, 0.2) is 42.5 Å². The van der Waals surface area contributed by atoms with Crippen molar-refractivity contribution in [3.63, 3.8) is 0 Å². The lowest BCUT2D eigenvalue weighted by atomic mass is 10.0. The molecular formula is C16H20O3. The van der Waals surface area contributed by atoms with E-state index in [0.717, 1.165) is 12.8 Å². The van der Waals surface area contributed by atoms with Gasteiger partial charge in [0.2, 0.25) is 0 Å². The average Bonchev–Trinajstić information content (AvgIpc) is 3.07. The van der Waals surface area contributed by atoms with Crippen molar-refractivity contribution >= 4 is 5.97 Å². The second kappa shape index (κ2) is 6.02. The molecule has 0 radical (unpaired) electrons. The van der Waals surface area contributed by atoms with Gasteiger partial charge >= 0.3 is 5.97 Å². The fourth-order valence-corrected chi connectivity index (χ4v) is 2.13. The number of epoxide rings is 1. The predicted molar refractivity (Wildman–Crippen MR) is 73.8 cm³/mol. The Morgan fingerprint density at radius 2 is 2.16 bits per heavy atom. The molecule has 1 aromatic rings. The van der Waals surface area contributed by atoms with Crippen molar-refractivity contribution in [1.29, 1.82) is 0 Å². The monoisotopic (exact) mass is 260 g/mol. The Kier molecular flexibility index (Phi) is 4.38. The molecule has 2 atom stereocenters. The normalized spacial score (nSPS) is 25.5. The number of aryl methyl sites for hydroxylation is 1. The molecule has 0 aliphatic carbocycles. The fraction of sp³-hybridized carbons (Fsp3) is 0.438. The van der Waals surface area contributed by atoms with Gasteiger partial charge in [-0.05, 0) is 38.3 Å². The van der Waals surface area contributed by atoms with Crippen LogP contribution in [0.3, 0.4) is 0 Å². The highest BCUT2D eigenvalue weighted by Gasteiger charge is 2.49. The maximum Gasteiger partial charge on any atom is 0.330 e. The molecule has 1 aliphatic rings. The summed E-state index contributed by atoms with van der Waals surface area (Å²) in [5.41, 5.74) is 1.01. The molecule has 1 heterocycles. The number of esters is 1. The Hall–Kier alpha value is -1.61. The van der Waals surface area contributed by atoms with E-state index in [-0.39, 0.29) is 17.7 Å². The standard InChI is InChI=1S/C16H20O3/c1-3-18-15(17)11-12-16(2)14(19-16)10-9-13-7-5-4-6-8-13/h4-8,11-12,14H,3,9-10H2,1-2H3/b12-11+/t14-,16+/m1/s1. The summed E-state index contributed by atoms with van der Waals surface area (Å²) in [6, 6.07) is 10.3. The highest BCUT2D eigenvalue weighted by molar-refractivity contribution is 5.82. The maximum absolute atomic E-state index is 11.2. The largest absolute Gasteiger partial charge is 0.463 e. The number of carbonyl (C=O) groups excluding carboxylic acids is 1. The third kappa shape index (κ3) is 3.93. The molecule has 19 heavy (non-hydrogen) atoms. The summed E-state index contributed by atoms with van der Waals surface area (Å²) in [5, 5.41) is 0. The quantitative estimate of drug-likeness (QED) is 0.448. The lowest BCUT2D eigenvalue weighted by Gasteiger charge is -2.01. The van der Waals surface area contributed by atoms with Crippen molar-refractivity contribution in [1.82, 2.24) is 0 Å². The van der Waals surface area contributed by atoms with Crippen molar-refractivity contribution in [2.75, 3.05) is 6.61 Å². The Balaban J connectivity index is 1.78. The van der Waals surface area contributed by atoms with Crippen molar-refractivity contribution in [2.45, 2.75) is 38.4 Å². The molecule has 0 amide bonds. The third-order valence-electron chi connectivity index (χ3n) is 3.35. The Labute approximate surface area is 114 Å². The molecule has 0 spiro atoms. The molecule has 1 saturated heterocycles. The molecule has 0 N–H and O–H groups in total. The molecule has 1 aromatic carbocycles. The predicted octanol–water partition coefficient (Wildman–Crippen LogP) is 2.90. The van der Waals surface area contributed by atoms with Crippen molar-refractivity contribution in [2.24, 2.45) is 0 Å². The molecule has 102 valence electrons. The summed E-state index contributed by atoms with van der Waals surface area (Å²) < 4.78 is 10.5. The minimum Gasteiger partial charge on any atom is -0.463 e. The van der Waals surface area contributed by atoms with Crippen LogP contribution in [0, 0.1) is 0 Å². The van der Waals surface area contributed by atoms with Crippen molar-refractivity contribution in [3.05, 3.63) is 48.0 Å². The number of rotatable bonds is 6. The van der Waals surface area contributed by atoms with Gasteiger partial charge in [-0.25, -0.2) is 4.79 Å². The van der Waals surface area contributed by atoms with Crippen LogP contribution in [0.5, 0.6) is 0 Å². The van der Waals surface area contributed by atoms with Gasteiger partial charge in [-0.1, -0.05) is 30.3 Å². The van der Waals surface area contributed by atoms with Gasteiger partial charge in [0.1, 0.15) is 5.60 Å². The van der Waals surface area contributed by atoms with Gasteiger partial charge in [0.25, 0.3) is 0 Å². The van der Waals surface area contributed by atoms with E-state index < -0.39 is 0 Å². The van der Waals surface area contributed by atoms with Crippen LogP contribution >= 0.6 is 0 Å². The van der Waals surface area contributed by atoms with Crippen LogP contribution in [0.4, 0.5) is 0 Å². The zero-order valence-corrected chi connectivity index (χ0v) is 11.5. The first kappa shape index (κ1) is 13.8. The maximum atomic E-state index is 11.2. The Bertz CT molecular complexity index is 452. The summed E-state index contributed by atoms with van der Waals surface area (Å²) in [7, 11) is 0. The Morgan fingerprint density at radius 1 is 1.42 bits per heavy atom. The van der Waals surface area contributed by atoms with Crippen LogP contribution in [-0.4, -0.2) is 24.3 Å². The molecule has 2 rings (SSSR count). The van der Waals surface area contributed by atoms with E-state index in [4.69, 9.17) is 9.47 Å². The number of carbonyl (C=O) groups is 1. The molecule has 3 heteroatoms. The first-order chi connectivity index (χ1) is 9.14. The second-order valence-electron chi connectivity index (χ2n) is 4.90. The van der Waals surface area contributed by atoms with Gasteiger partial charge in [0.05, 0.1) is 12.7 Å². The molecule has 3 nitrogen and oxygen atoms in total. The van der Waals surface area contributed by atoms with Crippen LogP contribution in [-0.2, 0) is 20.7 Å². The zero-order chi connectivity index (χ0) is 13.7. The summed E-state index contributed by atoms with van der Waals surface area (Å²) in [5.74, 6) is -0.305. The van der Waals surface area contributed by atoms with Crippen LogP contribution in [0.2, 0.25) is 0 Å². The van der Waals surface area contributed by atoms with Crippen LogP contribution in [0.1, 0.15) is 25.8 Å².